The van der Waals surface area contributed by atoms with Crippen molar-refractivity contribution < 1.29 is 9.47 Å². The number of benzene rings is 1. The van der Waals surface area contributed by atoms with E-state index in [-0.39, 0.29) is 6.79 Å². The molecule has 0 spiro atoms. The Hall–Kier alpha value is -0.930. The van der Waals surface area contributed by atoms with E-state index in [0.717, 1.165) is 24.3 Å². The highest BCUT2D eigenvalue weighted by atomic mass is 35.5. The quantitative estimate of drug-likeness (QED) is 0.818. The first-order valence-corrected chi connectivity index (χ1v) is 6.05. The minimum absolute atomic E-state index is 0.274. The average Bonchev–Trinajstić information content (AvgIpc) is 2.80. The fraction of sp³-hybridized carbons (Fsp3) is 0.500. The van der Waals surface area contributed by atoms with E-state index in [0.29, 0.717) is 16.8 Å². The standard InChI is InChI=1S/C12H14ClNO2/c13-11-8(9-3-1-2-6-14-9)4-5-10-12(11)16-7-15-10/h4-5,9,14H,1-3,6-7H2. The van der Waals surface area contributed by atoms with Crippen LogP contribution >= 0.6 is 11.6 Å². The van der Waals surface area contributed by atoms with E-state index in [1.807, 2.05) is 12.1 Å². The van der Waals surface area contributed by atoms with E-state index in [9.17, 15) is 0 Å². The molecule has 1 unspecified atom stereocenters. The molecule has 0 aromatic heterocycles. The van der Waals surface area contributed by atoms with Crippen LogP contribution in [-0.4, -0.2) is 13.3 Å². The zero-order valence-corrected chi connectivity index (χ0v) is 9.72. The summed E-state index contributed by atoms with van der Waals surface area (Å²) < 4.78 is 10.7. The Labute approximate surface area is 99.7 Å². The minimum Gasteiger partial charge on any atom is -0.454 e. The van der Waals surface area contributed by atoms with Gasteiger partial charge in [0.2, 0.25) is 6.79 Å². The van der Waals surface area contributed by atoms with Gasteiger partial charge in [0.25, 0.3) is 0 Å². The molecule has 16 heavy (non-hydrogen) atoms. The molecule has 2 heterocycles. The maximum Gasteiger partial charge on any atom is 0.231 e. The van der Waals surface area contributed by atoms with Gasteiger partial charge in [-0.3, -0.25) is 0 Å². The molecule has 0 saturated carbocycles. The number of hydrogen-bond acceptors (Lipinski definition) is 3. The summed E-state index contributed by atoms with van der Waals surface area (Å²) >= 11 is 6.34. The second-order valence-electron chi connectivity index (χ2n) is 4.21. The van der Waals surface area contributed by atoms with E-state index in [1.54, 1.807) is 0 Å². The second-order valence-corrected chi connectivity index (χ2v) is 4.58. The van der Waals surface area contributed by atoms with Gasteiger partial charge >= 0.3 is 0 Å². The highest BCUT2D eigenvalue weighted by Gasteiger charge is 2.24. The zero-order chi connectivity index (χ0) is 11.0. The summed E-state index contributed by atoms with van der Waals surface area (Å²) in [5.74, 6) is 1.45. The van der Waals surface area contributed by atoms with Gasteiger partial charge in [0.15, 0.2) is 11.5 Å². The third-order valence-corrected chi connectivity index (χ3v) is 3.58. The molecule has 1 aromatic carbocycles. The van der Waals surface area contributed by atoms with Crippen molar-refractivity contribution in [2.75, 3.05) is 13.3 Å². The molecule has 0 aliphatic carbocycles. The van der Waals surface area contributed by atoms with Crippen molar-refractivity contribution in [3.8, 4) is 11.5 Å². The Bertz CT molecular complexity index is 402. The Morgan fingerprint density at radius 2 is 2.19 bits per heavy atom. The third kappa shape index (κ3) is 1.64. The predicted molar refractivity (Wildman–Crippen MR) is 62.2 cm³/mol. The highest BCUT2D eigenvalue weighted by molar-refractivity contribution is 6.33. The molecule has 1 fully saturated rings. The van der Waals surface area contributed by atoms with Gasteiger partial charge in [0.1, 0.15) is 0 Å². The lowest BCUT2D eigenvalue weighted by Gasteiger charge is -2.24. The van der Waals surface area contributed by atoms with Crippen LogP contribution in [-0.2, 0) is 0 Å². The van der Waals surface area contributed by atoms with E-state index in [4.69, 9.17) is 21.1 Å². The highest BCUT2D eigenvalue weighted by Crippen LogP contribution is 2.43. The zero-order valence-electron chi connectivity index (χ0n) is 8.96. The summed E-state index contributed by atoms with van der Waals surface area (Å²) in [7, 11) is 0. The molecule has 2 aliphatic rings. The molecule has 1 N–H and O–H groups in total. The lowest BCUT2D eigenvalue weighted by Crippen LogP contribution is -2.26. The number of hydrogen-bond donors (Lipinski definition) is 1. The van der Waals surface area contributed by atoms with Crippen molar-refractivity contribution in [2.45, 2.75) is 25.3 Å². The molecular formula is C12H14ClNO2. The lowest BCUT2D eigenvalue weighted by molar-refractivity contribution is 0.174. The number of piperidine rings is 1. The van der Waals surface area contributed by atoms with Gasteiger partial charge in [0, 0.05) is 6.04 Å². The molecule has 86 valence electrons. The molecule has 1 saturated heterocycles. The van der Waals surface area contributed by atoms with Crippen LogP contribution in [0.5, 0.6) is 11.5 Å². The lowest BCUT2D eigenvalue weighted by atomic mass is 9.97. The Kier molecular flexibility index (Phi) is 2.65. The summed E-state index contributed by atoms with van der Waals surface area (Å²) in [6.45, 7) is 1.34. The van der Waals surface area contributed by atoms with Crippen LogP contribution in [0.15, 0.2) is 12.1 Å². The van der Waals surface area contributed by atoms with Crippen molar-refractivity contribution in [2.24, 2.45) is 0 Å². The third-order valence-electron chi connectivity index (χ3n) is 3.19. The van der Waals surface area contributed by atoms with Crippen molar-refractivity contribution in [1.29, 1.82) is 0 Å². The molecule has 0 amide bonds. The van der Waals surface area contributed by atoms with Gasteiger partial charge in [-0.25, -0.2) is 0 Å². The SMILES string of the molecule is Clc1c(C2CCCCN2)ccc2c1OCO2. The van der Waals surface area contributed by atoms with Gasteiger partial charge in [-0.1, -0.05) is 24.1 Å². The summed E-state index contributed by atoms with van der Waals surface area (Å²) in [6, 6.07) is 4.34. The number of rotatable bonds is 1. The number of nitrogens with one attached hydrogen (secondary N) is 1. The molecule has 3 rings (SSSR count). The fourth-order valence-corrected chi connectivity index (χ4v) is 2.68. The van der Waals surface area contributed by atoms with Gasteiger partial charge in [-0.05, 0) is 31.0 Å². The fourth-order valence-electron chi connectivity index (χ4n) is 2.34. The van der Waals surface area contributed by atoms with Crippen LogP contribution in [0.25, 0.3) is 0 Å². The van der Waals surface area contributed by atoms with E-state index < -0.39 is 0 Å². The smallest absolute Gasteiger partial charge is 0.231 e. The molecule has 1 aromatic rings. The van der Waals surface area contributed by atoms with Crippen LogP contribution in [0.2, 0.25) is 5.02 Å². The van der Waals surface area contributed by atoms with Crippen LogP contribution in [0.1, 0.15) is 30.9 Å². The van der Waals surface area contributed by atoms with Gasteiger partial charge in [-0.15, -0.1) is 0 Å². The van der Waals surface area contributed by atoms with E-state index in [1.165, 1.54) is 12.8 Å². The number of halogens is 1. The molecule has 0 bridgehead atoms. The predicted octanol–water partition coefficient (Wildman–Crippen LogP) is 2.88. The van der Waals surface area contributed by atoms with Crippen LogP contribution in [0.4, 0.5) is 0 Å². The minimum atomic E-state index is 0.274. The monoisotopic (exact) mass is 239 g/mol. The van der Waals surface area contributed by atoms with Gasteiger partial charge < -0.3 is 14.8 Å². The van der Waals surface area contributed by atoms with Crippen molar-refractivity contribution in [3.05, 3.63) is 22.7 Å². The number of fused-ring (bicyclic) bond motifs is 1. The first-order valence-electron chi connectivity index (χ1n) is 5.67. The largest absolute Gasteiger partial charge is 0.454 e. The summed E-state index contributed by atoms with van der Waals surface area (Å²) in [4.78, 5) is 0. The summed E-state index contributed by atoms with van der Waals surface area (Å²) in [5, 5.41) is 4.19. The number of ether oxygens (including phenoxy) is 2. The molecule has 0 radical (unpaired) electrons. The first kappa shape index (κ1) is 10.2. The molecular weight excluding hydrogens is 226 g/mol. The Morgan fingerprint density at radius 1 is 1.25 bits per heavy atom. The van der Waals surface area contributed by atoms with Crippen LogP contribution < -0.4 is 14.8 Å². The van der Waals surface area contributed by atoms with E-state index >= 15 is 0 Å². The first-order chi connectivity index (χ1) is 7.86. The van der Waals surface area contributed by atoms with Gasteiger partial charge in [-0.2, -0.15) is 0 Å². The van der Waals surface area contributed by atoms with Gasteiger partial charge in [0.05, 0.1) is 5.02 Å². The summed E-state index contributed by atoms with van der Waals surface area (Å²) in [5.41, 5.74) is 1.13. The maximum absolute atomic E-state index is 6.34. The molecule has 4 heteroatoms. The second kappa shape index (κ2) is 4.15. The molecule has 3 nitrogen and oxygen atoms in total. The van der Waals surface area contributed by atoms with Crippen molar-refractivity contribution in [1.82, 2.24) is 5.32 Å². The Balaban J connectivity index is 1.95. The Morgan fingerprint density at radius 3 is 3.00 bits per heavy atom. The molecule has 1 atom stereocenters. The normalized spacial score (nSPS) is 23.4. The van der Waals surface area contributed by atoms with Crippen LogP contribution in [0.3, 0.4) is 0 Å². The summed E-state index contributed by atoms with van der Waals surface area (Å²) in [6.07, 6.45) is 3.64. The topological polar surface area (TPSA) is 30.5 Å². The average molecular weight is 240 g/mol. The van der Waals surface area contributed by atoms with Crippen molar-refractivity contribution in [3.63, 3.8) is 0 Å². The van der Waals surface area contributed by atoms with Crippen LogP contribution in [0, 0.1) is 0 Å². The molecule has 2 aliphatic heterocycles. The van der Waals surface area contributed by atoms with Crippen molar-refractivity contribution >= 4 is 11.6 Å². The maximum atomic E-state index is 6.34. The van der Waals surface area contributed by atoms with E-state index in [2.05, 4.69) is 5.32 Å².